The highest BCUT2D eigenvalue weighted by atomic mass is 32.1. The number of anilines is 1. The molecule has 0 radical (unpaired) electrons. The summed E-state index contributed by atoms with van der Waals surface area (Å²) in [7, 11) is 0. The molecule has 3 aromatic rings. The molecule has 0 unspecified atom stereocenters. The van der Waals surface area contributed by atoms with Crippen molar-refractivity contribution in [3.05, 3.63) is 56.4 Å². The maximum atomic E-state index is 13.1. The molecule has 0 spiro atoms. The Balaban J connectivity index is 1.48. The fourth-order valence-electron chi connectivity index (χ4n) is 4.09. The number of thiophene rings is 1. The Bertz CT molecular complexity index is 1260. The molecule has 2 aliphatic rings. The Morgan fingerprint density at radius 1 is 1.13 bits per heavy atom. The fourth-order valence-corrected chi connectivity index (χ4v) is 5.17. The summed E-state index contributed by atoms with van der Waals surface area (Å²) < 4.78 is 1.77. The first-order valence-corrected chi connectivity index (χ1v) is 11.6. The van der Waals surface area contributed by atoms with Crippen LogP contribution in [0.15, 0.2) is 29.1 Å². The van der Waals surface area contributed by atoms with Gasteiger partial charge in [-0.1, -0.05) is 18.6 Å². The van der Waals surface area contributed by atoms with Gasteiger partial charge in [-0.3, -0.25) is 19.0 Å². The van der Waals surface area contributed by atoms with Crippen LogP contribution in [0.1, 0.15) is 63.5 Å². The molecule has 0 bridgehead atoms. The Morgan fingerprint density at radius 2 is 1.94 bits per heavy atom. The molecule has 0 saturated heterocycles. The second-order valence-electron chi connectivity index (χ2n) is 8.28. The van der Waals surface area contributed by atoms with Crippen molar-refractivity contribution in [2.45, 2.75) is 58.0 Å². The predicted molar refractivity (Wildman–Crippen MR) is 121 cm³/mol. The lowest BCUT2D eigenvalue weighted by Gasteiger charge is -2.11. The van der Waals surface area contributed by atoms with Crippen LogP contribution >= 0.6 is 11.3 Å². The third-order valence-electron chi connectivity index (χ3n) is 5.95. The Kier molecular flexibility index (Phi) is 5.09. The number of carbonyl (C=O) groups is 2. The van der Waals surface area contributed by atoms with Gasteiger partial charge >= 0.3 is 0 Å². The van der Waals surface area contributed by atoms with Crippen molar-refractivity contribution in [3.63, 3.8) is 0 Å². The number of hydrogen-bond donors (Lipinski definition) is 2. The van der Waals surface area contributed by atoms with E-state index in [2.05, 4.69) is 10.6 Å². The third kappa shape index (κ3) is 3.76. The maximum Gasteiger partial charge on any atom is 0.266 e. The van der Waals surface area contributed by atoms with E-state index in [0.29, 0.717) is 38.5 Å². The lowest BCUT2D eigenvalue weighted by molar-refractivity contribution is 0.0952. The molecule has 5 rings (SSSR count). The zero-order valence-electron chi connectivity index (χ0n) is 17.4. The topological polar surface area (TPSA) is 93.1 Å². The largest absolute Gasteiger partial charge is 0.349 e. The van der Waals surface area contributed by atoms with Crippen molar-refractivity contribution in [3.8, 4) is 0 Å². The summed E-state index contributed by atoms with van der Waals surface area (Å²) in [5.41, 5.74) is 1.49. The summed E-state index contributed by atoms with van der Waals surface area (Å²) in [5.74, 6) is 0.298. The highest BCUT2D eigenvalue weighted by Crippen LogP contribution is 2.30. The SMILES string of the molecule is Cc1c(C(=O)Nc2ccccc2C(=O)NC2CC2)sc2nc3n(c(=O)c12)CCCCC3. The summed E-state index contributed by atoms with van der Waals surface area (Å²) in [6.45, 7) is 2.48. The normalized spacial score (nSPS) is 15.9. The molecule has 1 saturated carbocycles. The van der Waals surface area contributed by atoms with Gasteiger partial charge in [-0.05, 0) is 50.3 Å². The van der Waals surface area contributed by atoms with Crippen molar-refractivity contribution in [2.24, 2.45) is 0 Å². The monoisotopic (exact) mass is 436 g/mol. The first kappa shape index (κ1) is 19.9. The maximum absolute atomic E-state index is 13.1. The number of aromatic nitrogens is 2. The van der Waals surface area contributed by atoms with Crippen LogP contribution in [0, 0.1) is 6.92 Å². The van der Waals surface area contributed by atoms with Gasteiger partial charge in [0.05, 0.1) is 21.5 Å². The molecule has 3 heterocycles. The first-order valence-electron chi connectivity index (χ1n) is 10.8. The van der Waals surface area contributed by atoms with Crippen molar-refractivity contribution >= 4 is 39.1 Å². The molecule has 2 aromatic heterocycles. The number of fused-ring (bicyclic) bond motifs is 2. The van der Waals surface area contributed by atoms with Crippen LogP contribution in [0.4, 0.5) is 5.69 Å². The second kappa shape index (κ2) is 7.92. The van der Waals surface area contributed by atoms with E-state index in [1.165, 1.54) is 11.3 Å². The minimum Gasteiger partial charge on any atom is -0.349 e. The van der Waals surface area contributed by atoms with Crippen LogP contribution in [0.2, 0.25) is 0 Å². The predicted octanol–water partition coefficient (Wildman–Crippen LogP) is 3.64. The van der Waals surface area contributed by atoms with Crippen molar-refractivity contribution in [1.82, 2.24) is 14.9 Å². The van der Waals surface area contributed by atoms with Crippen LogP contribution in [-0.4, -0.2) is 27.4 Å². The summed E-state index contributed by atoms with van der Waals surface area (Å²) in [4.78, 5) is 44.6. The van der Waals surface area contributed by atoms with E-state index < -0.39 is 0 Å². The van der Waals surface area contributed by atoms with Gasteiger partial charge in [0.1, 0.15) is 10.7 Å². The average molecular weight is 437 g/mol. The number of nitrogens with zero attached hydrogens (tertiary/aromatic N) is 2. The number of para-hydroxylation sites is 1. The zero-order chi connectivity index (χ0) is 21.5. The number of carbonyl (C=O) groups excluding carboxylic acids is 2. The number of aryl methyl sites for hydroxylation is 2. The van der Waals surface area contributed by atoms with Crippen LogP contribution < -0.4 is 16.2 Å². The van der Waals surface area contributed by atoms with Crippen LogP contribution in [0.3, 0.4) is 0 Å². The smallest absolute Gasteiger partial charge is 0.266 e. The van der Waals surface area contributed by atoms with E-state index in [-0.39, 0.29) is 23.4 Å². The molecule has 160 valence electrons. The van der Waals surface area contributed by atoms with E-state index in [1.807, 2.05) is 0 Å². The molecule has 31 heavy (non-hydrogen) atoms. The number of rotatable bonds is 4. The summed E-state index contributed by atoms with van der Waals surface area (Å²) in [6.07, 6.45) is 5.86. The molecular formula is C23H24N4O3S. The molecule has 1 aliphatic heterocycles. The molecule has 2 amide bonds. The Hall–Kier alpha value is -3.00. The number of hydrogen-bond acceptors (Lipinski definition) is 5. The van der Waals surface area contributed by atoms with Gasteiger partial charge in [0.25, 0.3) is 17.4 Å². The number of amides is 2. The summed E-state index contributed by atoms with van der Waals surface area (Å²) in [6, 6.07) is 7.22. The van der Waals surface area contributed by atoms with E-state index >= 15 is 0 Å². The van der Waals surface area contributed by atoms with E-state index in [4.69, 9.17) is 4.98 Å². The van der Waals surface area contributed by atoms with E-state index in [0.717, 1.165) is 44.3 Å². The molecular weight excluding hydrogens is 412 g/mol. The average Bonchev–Trinajstić information content (AvgIpc) is 3.54. The van der Waals surface area contributed by atoms with Crippen molar-refractivity contribution in [1.29, 1.82) is 0 Å². The summed E-state index contributed by atoms with van der Waals surface area (Å²) in [5, 5.41) is 6.36. The Labute approximate surface area is 183 Å². The lowest BCUT2D eigenvalue weighted by Crippen LogP contribution is -2.27. The van der Waals surface area contributed by atoms with Crippen LogP contribution in [0.5, 0.6) is 0 Å². The van der Waals surface area contributed by atoms with E-state index in [9.17, 15) is 14.4 Å². The fraction of sp³-hybridized carbons (Fsp3) is 0.391. The standard InChI is InChI=1S/C23H24N4O3S/c1-13-18-22(26-17-9-3-2-6-12-27(17)23(18)30)31-19(13)21(29)25-16-8-5-4-7-15(16)20(28)24-14-10-11-14/h4-5,7-8,14H,2-3,6,9-12H2,1H3,(H,24,28)(H,25,29). The van der Waals surface area contributed by atoms with Gasteiger partial charge in [0.15, 0.2) is 0 Å². The minimum atomic E-state index is -0.327. The molecule has 1 aliphatic carbocycles. The molecule has 1 aromatic carbocycles. The van der Waals surface area contributed by atoms with Gasteiger partial charge < -0.3 is 10.6 Å². The van der Waals surface area contributed by atoms with E-state index in [1.54, 1.807) is 35.8 Å². The van der Waals surface area contributed by atoms with Gasteiger partial charge in [-0.2, -0.15) is 0 Å². The minimum absolute atomic E-state index is 0.0566. The third-order valence-corrected chi connectivity index (χ3v) is 7.13. The zero-order valence-corrected chi connectivity index (χ0v) is 18.2. The van der Waals surface area contributed by atoms with Gasteiger partial charge in [0, 0.05) is 19.0 Å². The summed E-state index contributed by atoms with van der Waals surface area (Å²) >= 11 is 1.24. The van der Waals surface area contributed by atoms with Gasteiger partial charge in [0.2, 0.25) is 0 Å². The van der Waals surface area contributed by atoms with Crippen LogP contribution in [-0.2, 0) is 13.0 Å². The molecule has 0 atom stereocenters. The highest BCUT2D eigenvalue weighted by molar-refractivity contribution is 7.20. The lowest BCUT2D eigenvalue weighted by atomic mass is 10.1. The molecule has 2 N–H and O–H groups in total. The first-order chi connectivity index (χ1) is 15.0. The molecule has 8 heteroatoms. The number of nitrogens with one attached hydrogen (secondary N) is 2. The Morgan fingerprint density at radius 3 is 2.74 bits per heavy atom. The van der Waals surface area contributed by atoms with Crippen molar-refractivity contribution in [2.75, 3.05) is 5.32 Å². The van der Waals surface area contributed by atoms with Crippen LogP contribution in [0.25, 0.3) is 10.2 Å². The highest BCUT2D eigenvalue weighted by Gasteiger charge is 2.26. The van der Waals surface area contributed by atoms with Gasteiger partial charge in [-0.15, -0.1) is 11.3 Å². The molecule has 7 nitrogen and oxygen atoms in total. The quantitative estimate of drug-likeness (QED) is 0.653. The van der Waals surface area contributed by atoms with Gasteiger partial charge in [-0.25, -0.2) is 4.98 Å². The number of benzene rings is 1. The molecule has 1 fully saturated rings. The second-order valence-corrected chi connectivity index (χ2v) is 9.28. The van der Waals surface area contributed by atoms with Crippen molar-refractivity contribution < 1.29 is 9.59 Å².